The van der Waals surface area contributed by atoms with Gasteiger partial charge < -0.3 is 10.1 Å². The summed E-state index contributed by atoms with van der Waals surface area (Å²) in [6.07, 6.45) is 7.45. The molecular formula is C12H23NOS. The van der Waals surface area contributed by atoms with Crippen LogP contribution < -0.4 is 5.32 Å². The van der Waals surface area contributed by atoms with E-state index in [1.54, 1.807) is 0 Å². The zero-order valence-electron chi connectivity index (χ0n) is 9.71. The maximum absolute atomic E-state index is 5.75. The van der Waals surface area contributed by atoms with E-state index in [0.29, 0.717) is 12.1 Å². The Hall–Kier alpha value is 0.270. The van der Waals surface area contributed by atoms with E-state index in [0.717, 1.165) is 12.5 Å². The summed E-state index contributed by atoms with van der Waals surface area (Å²) >= 11 is 2.07. The van der Waals surface area contributed by atoms with Crippen molar-refractivity contribution in [3.8, 4) is 0 Å². The van der Waals surface area contributed by atoms with Crippen molar-refractivity contribution in [2.24, 2.45) is 5.92 Å². The van der Waals surface area contributed by atoms with Gasteiger partial charge in [-0.15, -0.1) is 0 Å². The summed E-state index contributed by atoms with van der Waals surface area (Å²) in [5.41, 5.74) is 0. The van der Waals surface area contributed by atoms with Crippen molar-refractivity contribution in [1.82, 2.24) is 5.32 Å². The van der Waals surface area contributed by atoms with Crippen LogP contribution in [0.5, 0.6) is 0 Å². The van der Waals surface area contributed by atoms with E-state index in [4.69, 9.17) is 4.74 Å². The maximum atomic E-state index is 5.75. The molecule has 2 atom stereocenters. The fourth-order valence-electron chi connectivity index (χ4n) is 2.94. The Morgan fingerprint density at radius 1 is 1.27 bits per heavy atom. The summed E-state index contributed by atoms with van der Waals surface area (Å²) in [5, 5.41) is 3.62. The van der Waals surface area contributed by atoms with Crippen molar-refractivity contribution in [2.75, 3.05) is 25.2 Å². The van der Waals surface area contributed by atoms with Gasteiger partial charge in [0.2, 0.25) is 0 Å². The van der Waals surface area contributed by atoms with E-state index < -0.39 is 0 Å². The normalized spacial score (nSPS) is 31.4. The summed E-state index contributed by atoms with van der Waals surface area (Å²) in [6.45, 7) is 1.15. The molecule has 0 bridgehead atoms. The monoisotopic (exact) mass is 229 g/mol. The van der Waals surface area contributed by atoms with Crippen LogP contribution in [0.15, 0.2) is 0 Å². The molecule has 0 radical (unpaired) electrons. The van der Waals surface area contributed by atoms with Crippen LogP contribution in [0.1, 0.15) is 32.1 Å². The van der Waals surface area contributed by atoms with Crippen LogP contribution in [0, 0.1) is 5.92 Å². The number of nitrogens with one attached hydrogen (secondary N) is 1. The van der Waals surface area contributed by atoms with E-state index in [2.05, 4.69) is 17.1 Å². The smallest absolute Gasteiger partial charge is 0.0760 e. The molecular weight excluding hydrogens is 206 g/mol. The van der Waals surface area contributed by atoms with Gasteiger partial charge in [0.15, 0.2) is 0 Å². The molecule has 0 aromatic heterocycles. The van der Waals surface area contributed by atoms with Crippen LogP contribution >= 0.6 is 11.8 Å². The number of ether oxygens (including phenoxy) is 1. The van der Waals surface area contributed by atoms with E-state index in [-0.39, 0.29) is 0 Å². The topological polar surface area (TPSA) is 21.3 Å². The molecule has 0 aromatic rings. The predicted octanol–water partition coefficient (Wildman–Crippen LogP) is 2.29. The Labute approximate surface area is 97.5 Å². The lowest BCUT2D eigenvalue weighted by atomic mass is 9.83. The zero-order valence-corrected chi connectivity index (χ0v) is 10.5. The van der Waals surface area contributed by atoms with E-state index in [1.165, 1.54) is 43.6 Å². The van der Waals surface area contributed by atoms with Crippen LogP contribution in [-0.4, -0.2) is 37.3 Å². The minimum Gasteiger partial charge on any atom is -0.380 e. The van der Waals surface area contributed by atoms with Gasteiger partial charge >= 0.3 is 0 Å². The van der Waals surface area contributed by atoms with Crippen molar-refractivity contribution >= 4 is 11.8 Å². The average molecular weight is 229 g/mol. The first-order valence-corrected chi connectivity index (χ1v) is 7.41. The van der Waals surface area contributed by atoms with Gasteiger partial charge in [-0.05, 0) is 18.8 Å². The van der Waals surface area contributed by atoms with Crippen molar-refractivity contribution in [3.63, 3.8) is 0 Å². The fourth-order valence-corrected chi connectivity index (χ4v) is 3.93. The number of hydrogen-bond acceptors (Lipinski definition) is 3. The molecule has 3 heteroatoms. The summed E-state index contributed by atoms with van der Waals surface area (Å²) in [5.74, 6) is 3.30. The molecule has 88 valence electrons. The molecule has 2 fully saturated rings. The lowest BCUT2D eigenvalue weighted by Gasteiger charge is -2.37. The Kier molecular flexibility index (Phi) is 4.79. The lowest BCUT2D eigenvalue weighted by Crippen LogP contribution is -2.50. The molecule has 15 heavy (non-hydrogen) atoms. The van der Waals surface area contributed by atoms with Crippen LogP contribution in [0.25, 0.3) is 0 Å². The molecule has 1 heterocycles. The molecule has 1 aliphatic carbocycles. The molecule has 2 nitrogen and oxygen atoms in total. The molecule has 0 amide bonds. The van der Waals surface area contributed by atoms with E-state index >= 15 is 0 Å². The molecule has 1 aliphatic heterocycles. The fraction of sp³-hybridized carbons (Fsp3) is 1.00. The minimum atomic E-state index is 0.457. The molecule has 1 N–H and O–H groups in total. The Morgan fingerprint density at radius 2 is 2.07 bits per heavy atom. The summed E-state index contributed by atoms with van der Waals surface area (Å²) in [4.78, 5) is 0. The Morgan fingerprint density at radius 3 is 2.67 bits per heavy atom. The van der Waals surface area contributed by atoms with Gasteiger partial charge in [0.1, 0.15) is 0 Å². The molecule has 2 rings (SSSR count). The van der Waals surface area contributed by atoms with Crippen LogP contribution in [0.4, 0.5) is 0 Å². The third kappa shape index (κ3) is 3.11. The second kappa shape index (κ2) is 6.12. The summed E-state index contributed by atoms with van der Waals surface area (Å²) < 4.78 is 5.75. The predicted molar refractivity (Wildman–Crippen MR) is 66.5 cm³/mol. The van der Waals surface area contributed by atoms with Crippen LogP contribution in [0.2, 0.25) is 0 Å². The quantitative estimate of drug-likeness (QED) is 0.802. The van der Waals surface area contributed by atoms with Crippen molar-refractivity contribution < 1.29 is 4.74 Å². The molecule has 2 unspecified atom stereocenters. The SMILES string of the molecule is COC(C1CCCCC1)C1CSCCN1. The number of methoxy groups -OCH3 is 1. The highest BCUT2D eigenvalue weighted by atomic mass is 32.2. The Bertz CT molecular complexity index is 158. The Balaban J connectivity index is 1.88. The van der Waals surface area contributed by atoms with Crippen LogP contribution in [0.3, 0.4) is 0 Å². The number of rotatable bonds is 3. The maximum Gasteiger partial charge on any atom is 0.0760 e. The molecule has 0 spiro atoms. The van der Waals surface area contributed by atoms with E-state index in [9.17, 15) is 0 Å². The second-order valence-electron chi connectivity index (χ2n) is 4.73. The highest BCUT2D eigenvalue weighted by molar-refractivity contribution is 7.99. The average Bonchev–Trinajstić information content (AvgIpc) is 2.33. The van der Waals surface area contributed by atoms with Gasteiger partial charge in [0, 0.05) is 31.2 Å². The minimum absolute atomic E-state index is 0.457. The third-order valence-corrected chi connectivity index (χ3v) is 4.82. The van der Waals surface area contributed by atoms with Crippen molar-refractivity contribution in [1.29, 1.82) is 0 Å². The first-order valence-electron chi connectivity index (χ1n) is 6.25. The van der Waals surface area contributed by atoms with Gasteiger partial charge in [-0.3, -0.25) is 0 Å². The third-order valence-electron chi connectivity index (χ3n) is 3.73. The zero-order chi connectivity index (χ0) is 10.5. The lowest BCUT2D eigenvalue weighted by molar-refractivity contribution is 0.0138. The first-order chi connectivity index (χ1) is 7.42. The van der Waals surface area contributed by atoms with Gasteiger partial charge in [0.05, 0.1) is 6.10 Å². The van der Waals surface area contributed by atoms with Gasteiger partial charge in [-0.25, -0.2) is 0 Å². The number of hydrogen-bond donors (Lipinski definition) is 1. The van der Waals surface area contributed by atoms with Gasteiger partial charge in [-0.2, -0.15) is 11.8 Å². The molecule has 0 aromatic carbocycles. The number of thioether (sulfide) groups is 1. The largest absolute Gasteiger partial charge is 0.380 e. The van der Waals surface area contributed by atoms with Gasteiger partial charge in [-0.1, -0.05) is 19.3 Å². The van der Waals surface area contributed by atoms with Crippen LogP contribution in [-0.2, 0) is 4.74 Å². The highest BCUT2D eigenvalue weighted by Crippen LogP contribution is 2.30. The standard InChI is InChI=1S/C12H23NOS/c1-14-12(10-5-3-2-4-6-10)11-9-15-8-7-13-11/h10-13H,2-9H2,1H3. The summed E-state index contributed by atoms with van der Waals surface area (Å²) in [6, 6.07) is 0.594. The van der Waals surface area contributed by atoms with Crippen molar-refractivity contribution in [2.45, 2.75) is 44.2 Å². The molecule has 1 saturated heterocycles. The molecule has 1 saturated carbocycles. The molecule has 2 aliphatic rings. The summed E-state index contributed by atoms with van der Waals surface area (Å²) in [7, 11) is 1.89. The highest BCUT2D eigenvalue weighted by Gasteiger charge is 2.31. The second-order valence-corrected chi connectivity index (χ2v) is 5.88. The first kappa shape index (κ1) is 11.7. The van der Waals surface area contributed by atoms with E-state index in [1.807, 2.05) is 7.11 Å². The van der Waals surface area contributed by atoms with Gasteiger partial charge in [0.25, 0.3) is 0 Å². The van der Waals surface area contributed by atoms with Crippen molar-refractivity contribution in [3.05, 3.63) is 0 Å².